The zero-order chi connectivity index (χ0) is 13.2. The molecule has 18 heavy (non-hydrogen) atoms. The lowest BCUT2D eigenvalue weighted by Crippen LogP contribution is -2.29. The van der Waals surface area contributed by atoms with Crippen LogP contribution >= 0.6 is 0 Å². The Labute approximate surface area is 108 Å². The van der Waals surface area contributed by atoms with Crippen molar-refractivity contribution in [1.82, 2.24) is 10.3 Å². The number of hydrogen-bond acceptors (Lipinski definition) is 3. The third-order valence-corrected chi connectivity index (χ3v) is 3.41. The maximum atomic E-state index is 12.2. The van der Waals surface area contributed by atoms with Crippen molar-refractivity contribution in [2.24, 2.45) is 5.41 Å². The number of hydrogen-bond donors (Lipinski definition) is 2. The van der Waals surface area contributed by atoms with Crippen molar-refractivity contribution in [3.8, 4) is 0 Å². The number of nitrogens with one attached hydrogen (secondary N) is 2. The van der Waals surface area contributed by atoms with Gasteiger partial charge in [-0.2, -0.15) is 0 Å². The van der Waals surface area contributed by atoms with Crippen LogP contribution in [0.5, 0.6) is 0 Å². The molecule has 1 aliphatic rings. The summed E-state index contributed by atoms with van der Waals surface area (Å²) < 4.78 is 0. The Bertz CT molecular complexity index is 442. The molecule has 4 heteroatoms. The predicted octanol–water partition coefficient (Wildman–Crippen LogP) is 2.43. The maximum absolute atomic E-state index is 12.2. The van der Waals surface area contributed by atoms with Crippen LogP contribution in [0.3, 0.4) is 0 Å². The molecule has 0 aromatic carbocycles. The van der Waals surface area contributed by atoms with Gasteiger partial charge in [0.05, 0.1) is 5.56 Å². The lowest BCUT2D eigenvalue weighted by atomic mass is 10.2. The minimum atomic E-state index is -0.0303. The van der Waals surface area contributed by atoms with Crippen molar-refractivity contribution in [3.05, 3.63) is 23.9 Å². The highest BCUT2D eigenvalue weighted by molar-refractivity contribution is 5.99. The molecule has 1 fully saturated rings. The van der Waals surface area contributed by atoms with Crippen LogP contribution in [0, 0.1) is 5.41 Å². The Morgan fingerprint density at radius 1 is 1.56 bits per heavy atom. The second kappa shape index (κ2) is 4.96. The molecule has 1 heterocycles. The summed E-state index contributed by atoms with van der Waals surface area (Å²) in [7, 11) is 0. The van der Waals surface area contributed by atoms with Crippen molar-refractivity contribution in [2.75, 3.05) is 11.9 Å². The maximum Gasteiger partial charge on any atom is 0.255 e. The fraction of sp³-hybridized carbons (Fsp3) is 0.571. The van der Waals surface area contributed by atoms with Gasteiger partial charge in [0.15, 0.2) is 0 Å². The summed E-state index contributed by atoms with van der Waals surface area (Å²) in [5.41, 5.74) is 0.878. The minimum Gasteiger partial charge on any atom is -0.369 e. The van der Waals surface area contributed by atoms with Gasteiger partial charge < -0.3 is 10.6 Å². The summed E-state index contributed by atoms with van der Waals surface area (Å²) in [6, 6.07) is 3.91. The molecule has 0 radical (unpaired) electrons. The molecule has 98 valence electrons. The number of rotatable bonds is 5. The molecule has 1 aromatic heterocycles. The van der Waals surface area contributed by atoms with Crippen LogP contribution in [0.15, 0.2) is 18.3 Å². The quantitative estimate of drug-likeness (QED) is 0.840. The Balaban J connectivity index is 2.05. The number of carbonyl (C=O) groups excluding carboxylic acids is 1. The smallest absolute Gasteiger partial charge is 0.255 e. The molecule has 1 saturated carbocycles. The topological polar surface area (TPSA) is 54.0 Å². The highest BCUT2D eigenvalue weighted by Crippen LogP contribution is 2.44. The van der Waals surface area contributed by atoms with Crippen LogP contribution < -0.4 is 10.6 Å². The van der Waals surface area contributed by atoms with Gasteiger partial charge in [0.25, 0.3) is 5.91 Å². The lowest BCUT2D eigenvalue weighted by molar-refractivity contribution is 0.0947. The van der Waals surface area contributed by atoms with E-state index in [1.807, 2.05) is 6.07 Å². The molecule has 0 saturated heterocycles. The largest absolute Gasteiger partial charge is 0.369 e. The number of nitrogens with zero attached hydrogens (tertiary/aromatic N) is 1. The number of anilines is 1. The average Bonchev–Trinajstić information content (AvgIpc) is 2.94. The highest BCUT2D eigenvalue weighted by atomic mass is 16.1. The fourth-order valence-electron chi connectivity index (χ4n) is 1.92. The summed E-state index contributed by atoms with van der Waals surface area (Å²) >= 11 is 0. The van der Waals surface area contributed by atoms with Crippen LogP contribution in [0.2, 0.25) is 0 Å². The Hall–Kier alpha value is -1.58. The molecule has 0 aliphatic heterocycles. The van der Waals surface area contributed by atoms with Crippen molar-refractivity contribution in [1.29, 1.82) is 0 Å². The van der Waals surface area contributed by atoms with E-state index in [1.54, 1.807) is 12.3 Å². The number of aromatic nitrogens is 1. The Kier molecular flexibility index (Phi) is 3.55. The first kappa shape index (κ1) is 12.9. The fourth-order valence-corrected chi connectivity index (χ4v) is 1.92. The molecule has 0 spiro atoms. The van der Waals surface area contributed by atoms with E-state index in [9.17, 15) is 4.79 Å². The summed E-state index contributed by atoms with van der Waals surface area (Å²) in [6.07, 6.45) is 3.76. The van der Waals surface area contributed by atoms with Gasteiger partial charge in [0.2, 0.25) is 0 Å². The highest BCUT2D eigenvalue weighted by Gasteiger charge is 2.46. The average molecular weight is 247 g/mol. The number of carbonyl (C=O) groups is 1. The van der Waals surface area contributed by atoms with Gasteiger partial charge >= 0.3 is 0 Å². The summed E-state index contributed by atoms with van der Waals surface area (Å²) in [4.78, 5) is 16.4. The molecule has 1 amide bonds. The number of pyridine rings is 1. The molecule has 2 rings (SSSR count). The van der Waals surface area contributed by atoms with E-state index in [0.29, 0.717) is 17.4 Å². The van der Waals surface area contributed by atoms with Crippen molar-refractivity contribution < 1.29 is 4.79 Å². The van der Waals surface area contributed by atoms with E-state index in [1.165, 1.54) is 0 Å². The molecule has 2 N–H and O–H groups in total. The van der Waals surface area contributed by atoms with Crippen LogP contribution in [0.4, 0.5) is 5.82 Å². The lowest BCUT2D eigenvalue weighted by Gasteiger charge is -2.11. The monoisotopic (exact) mass is 247 g/mol. The van der Waals surface area contributed by atoms with Crippen LogP contribution in [0.1, 0.15) is 44.0 Å². The zero-order valence-corrected chi connectivity index (χ0v) is 11.3. The molecule has 1 unspecified atom stereocenters. The van der Waals surface area contributed by atoms with E-state index < -0.39 is 0 Å². The zero-order valence-electron chi connectivity index (χ0n) is 11.3. The normalized spacial score (nSPS) is 20.3. The predicted molar refractivity (Wildman–Crippen MR) is 72.7 cm³/mol. The van der Waals surface area contributed by atoms with Gasteiger partial charge in [0, 0.05) is 18.8 Å². The Morgan fingerprint density at radius 3 is 2.89 bits per heavy atom. The van der Waals surface area contributed by atoms with Crippen molar-refractivity contribution in [2.45, 2.75) is 39.7 Å². The minimum absolute atomic E-state index is 0.0303. The standard InChI is InChI=1S/C14H21N3O/c1-4-7-15-12-10(6-5-8-16-12)13(18)17-11-9-14(11,2)3/h5-6,8,11H,4,7,9H2,1-3H3,(H,15,16)(H,17,18). The van der Waals surface area contributed by atoms with Crippen LogP contribution in [-0.4, -0.2) is 23.5 Å². The summed E-state index contributed by atoms with van der Waals surface area (Å²) in [5.74, 6) is 0.646. The first-order chi connectivity index (χ1) is 8.54. The molecule has 0 bridgehead atoms. The van der Waals surface area contributed by atoms with E-state index >= 15 is 0 Å². The van der Waals surface area contributed by atoms with E-state index in [-0.39, 0.29) is 11.3 Å². The second-order valence-corrected chi connectivity index (χ2v) is 5.55. The van der Waals surface area contributed by atoms with E-state index in [4.69, 9.17) is 0 Å². The van der Waals surface area contributed by atoms with Gasteiger partial charge in [-0.15, -0.1) is 0 Å². The Morgan fingerprint density at radius 2 is 2.28 bits per heavy atom. The van der Waals surface area contributed by atoms with E-state index in [0.717, 1.165) is 19.4 Å². The molecule has 1 atom stereocenters. The summed E-state index contributed by atoms with van der Waals surface area (Å²) in [5, 5.41) is 6.24. The third-order valence-electron chi connectivity index (χ3n) is 3.41. The van der Waals surface area contributed by atoms with Crippen LogP contribution in [-0.2, 0) is 0 Å². The van der Waals surface area contributed by atoms with Gasteiger partial charge in [-0.1, -0.05) is 20.8 Å². The SMILES string of the molecule is CCCNc1ncccc1C(=O)NC1CC1(C)C. The molecule has 4 nitrogen and oxygen atoms in total. The van der Waals surface area contributed by atoms with Gasteiger partial charge in [-0.05, 0) is 30.4 Å². The molecule has 1 aliphatic carbocycles. The van der Waals surface area contributed by atoms with Gasteiger partial charge in [0.1, 0.15) is 5.82 Å². The van der Waals surface area contributed by atoms with Crippen molar-refractivity contribution in [3.63, 3.8) is 0 Å². The van der Waals surface area contributed by atoms with Gasteiger partial charge in [-0.25, -0.2) is 4.98 Å². The second-order valence-electron chi connectivity index (χ2n) is 5.55. The number of amides is 1. The molecular weight excluding hydrogens is 226 g/mol. The first-order valence-electron chi connectivity index (χ1n) is 6.54. The molecular formula is C14H21N3O. The van der Waals surface area contributed by atoms with Crippen LogP contribution in [0.25, 0.3) is 0 Å². The third kappa shape index (κ3) is 2.81. The first-order valence-corrected chi connectivity index (χ1v) is 6.54. The van der Waals surface area contributed by atoms with E-state index in [2.05, 4.69) is 36.4 Å². The van der Waals surface area contributed by atoms with Crippen molar-refractivity contribution >= 4 is 11.7 Å². The summed E-state index contributed by atoms with van der Waals surface area (Å²) in [6.45, 7) is 7.24. The molecule has 1 aromatic rings. The van der Waals surface area contributed by atoms with Gasteiger partial charge in [-0.3, -0.25) is 4.79 Å².